The van der Waals surface area contributed by atoms with E-state index in [4.69, 9.17) is 5.73 Å². The predicted octanol–water partition coefficient (Wildman–Crippen LogP) is 2.69. The average Bonchev–Trinajstić information content (AvgIpc) is 3.47. The number of carbonyl (C=O) groups is 1. The van der Waals surface area contributed by atoms with Gasteiger partial charge < -0.3 is 16.0 Å². The Morgan fingerprint density at radius 3 is 2.74 bits per heavy atom. The van der Waals surface area contributed by atoms with Gasteiger partial charge in [-0.2, -0.15) is 5.10 Å². The molecule has 0 aliphatic carbocycles. The quantitative estimate of drug-likeness (QED) is 0.430. The summed E-state index contributed by atoms with van der Waals surface area (Å²) < 4.78 is 25.4. The molecule has 1 amide bonds. The molecule has 0 spiro atoms. The van der Waals surface area contributed by atoms with Gasteiger partial charge in [0.05, 0.1) is 22.2 Å². The second-order valence-electron chi connectivity index (χ2n) is 8.23. The number of aromatic nitrogens is 4. The van der Waals surface area contributed by atoms with E-state index < -0.39 is 9.84 Å². The van der Waals surface area contributed by atoms with Crippen molar-refractivity contribution in [2.24, 2.45) is 5.92 Å². The third-order valence-electron chi connectivity index (χ3n) is 5.94. The van der Waals surface area contributed by atoms with Crippen molar-refractivity contribution < 1.29 is 13.2 Å². The first-order chi connectivity index (χ1) is 16.3. The van der Waals surface area contributed by atoms with Crippen LogP contribution in [0, 0.1) is 5.92 Å². The Hall–Kier alpha value is -3.51. The van der Waals surface area contributed by atoms with E-state index in [0.29, 0.717) is 23.0 Å². The number of carbonyl (C=O) groups excluding carboxylic acids is 1. The van der Waals surface area contributed by atoms with Crippen LogP contribution in [0.2, 0.25) is 0 Å². The molecule has 4 heterocycles. The number of nitrogens with one attached hydrogen (secondary N) is 1. The fourth-order valence-electron chi connectivity index (χ4n) is 4.27. The SMILES string of the molecule is CS(=O)(=O)c1ccc(-c2cc(N3CCC[C@H](C(=O)Nc4nccs4)C3)c3c(N)ncnn23)cc1. The van der Waals surface area contributed by atoms with Gasteiger partial charge in [0.25, 0.3) is 0 Å². The fraction of sp³-hybridized carbons (Fsp3) is 0.273. The molecule has 1 fully saturated rings. The second kappa shape index (κ2) is 8.69. The molecule has 1 aliphatic heterocycles. The summed E-state index contributed by atoms with van der Waals surface area (Å²) in [5, 5.41) is 9.72. The van der Waals surface area contributed by atoms with Crippen molar-refractivity contribution >= 4 is 49.2 Å². The smallest absolute Gasteiger partial charge is 0.231 e. The van der Waals surface area contributed by atoms with Crippen LogP contribution in [0.3, 0.4) is 0 Å². The number of rotatable bonds is 5. The van der Waals surface area contributed by atoms with Crippen LogP contribution in [-0.4, -0.2) is 53.3 Å². The van der Waals surface area contributed by atoms with Gasteiger partial charge in [0.15, 0.2) is 20.8 Å². The molecule has 1 aliphatic rings. The van der Waals surface area contributed by atoms with Gasteiger partial charge in [0, 0.05) is 36.5 Å². The zero-order valence-corrected chi connectivity index (χ0v) is 20.0. The van der Waals surface area contributed by atoms with Gasteiger partial charge in [-0.3, -0.25) is 4.79 Å². The largest absolute Gasteiger partial charge is 0.382 e. The summed E-state index contributed by atoms with van der Waals surface area (Å²) in [5.74, 6) is 0.0817. The number of fused-ring (bicyclic) bond motifs is 1. The van der Waals surface area contributed by atoms with Gasteiger partial charge in [0.1, 0.15) is 11.8 Å². The highest BCUT2D eigenvalue weighted by atomic mass is 32.2. The normalized spacial score (nSPS) is 16.6. The Kier molecular flexibility index (Phi) is 5.70. The number of nitrogens with zero attached hydrogens (tertiary/aromatic N) is 5. The standard InChI is InChI=1S/C22H23N7O3S2/c1-34(31,32)16-6-4-14(5-7-16)17-11-18(19-20(23)25-13-26-29(17)19)28-9-2-3-15(12-28)21(30)27-22-24-8-10-33-22/h4-8,10-11,13,15H,2-3,9,12H2,1H3,(H2,23,25,26)(H,24,27,30)/t15-/m0/s1. The molecule has 1 atom stereocenters. The van der Waals surface area contributed by atoms with E-state index in [9.17, 15) is 13.2 Å². The zero-order chi connectivity index (χ0) is 23.9. The van der Waals surface area contributed by atoms with Crippen molar-refractivity contribution in [1.29, 1.82) is 0 Å². The van der Waals surface area contributed by atoms with Gasteiger partial charge in [-0.05, 0) is 31.0 Å². The molecular weight excluding hydrogens is 474 g/mol. The summed E-state index contributed by atoms with van der Waals surface area (Å²) in [5.41, 5.74) is 9.31. The van der Waals surface area contributed by atoms with Crippen LogP contribution in [0.25, 0.3) is 16.8 Å². The van der Waals surface area contributed by atoms with Crippen molar-refractivity contribution in [1.82, 2.24) is 19.6 Å². The topological polar surface area (TPSA) is 136 Å². The van der Waals surface area contributed by atoms with Gasteiger partial charge in [-0.25, -0.2) is 22.9 Å². The van der Waals surface area contributed by atoms with Gasteiger partial charge in [0.2, 0.25) is 5.91 Å². The summed E-state index contributed by atoms with van der Waals surface area (Å²) >= 11 is 1.39. The lowest BCUT2D eigenvalue weighted by atomic mass is 9.96. The molecular formula is C22H23N7O3S2. The average molecular weight is 498 g/mol. The highest BCUT2D eigenvalue weighted by molar-refractivity contribution is 7.90. The molecule has 0 bridgehead atoms. The van der Waals surface area contributed by atoms with Crippen LogP contribution in [0.1, 0.15) is 12.8 Å². The number of anilines is 3. The lowest BCUT2D eigenvalue weighted by Gasteiger charge is -2.33. The van der Waals surface area contributed by atoms with E-state index in [0.717, 1.165) is 36.3 Å². The monoisotopic (exact) mass is 497 g/mol. The summed E-state index contributed by atoms with van der Waals surface area (Å²) in [6.45, 7) is 1.29. The number of hydrogen-bond acceptors (Lipinski definition) is 9. The number of benzene rings is 1. The highest BCUT2D eigenvalue weighted by Crippen LogP contribution is 2.36. The number of thiazole rings is 1. The van der Waals surface area contributed by atoms with Crippen molar-refractivity contribution in [2.45, 2.75) is 17.7 Å². The van der Waals surface area contributed by atoms with Crippen LogP contribution in [0.15, 0.2) is 53.1 Å². The molecule has 3 N–H and O–H groups in total. The molecule has 12 heteroatoms. The van der Waals surface area contributed by atoms with Crippen LogP contribution in [-0.2, 0) is 14.6 Å². The molecule has 0 saturated carbocycles. The molecule has 5 rings (SSSR count). The second-order valence-corrected chi connectivity index (χ2v) is 11.1. The number of hydrogen-bond donors (Lipinski definition) is 2. The third kappa shape index (κ3) is 4.21. The van der Waals surface area contributed by atoms with E-state index >= 15 is 0 Å². The Morgan fingerprint density at radius 2 is 2.03 bits per heavy atom. The van der Waals surface area contributed by atoms with E-state index in [2.05, 4.69) is 25.3 Å². The van der Waals surface area contributed by atoms with Crippen molar-refractivity contribution in [3.05, 3.63) is 48.2 Å². The van der Waals surface area contributed by atoms with E-state index in [1.807, 2.05) is 11.4 Å². The minimum atomic E-state index is -3.30. The molecule has 0 radical (unpaired) electrons. The van der Waals surface area contributed by atoms with Crippen molar-refractivity contribution in [3.63, 3.8) is 0 Å². The molecule has 4 aromatic rings. The zero-order valence-electron chi connectivity index (χ0n) is 18.4. The first-order valence-electron chi connectivity index (χ1n) is 10.7. The molecule has 1 saturated heterocycles. The van der Waals surface area contributed by atoms with Crippen molar-refractivity contribution in [2.75, 3.05) is 35.3 Å². The minimum Gasteiger partial charge on any atom is -0.382 e. The molecule has 1 aromatic carbocycles. The number of sulfone groups is 1. The maximum Gasteiger partial charge on any atom is 0.231 e. The number of nitrogen functional groups attached to an aromatic ring is 1. The summed E-state index contributed by atoms with van der Waals surface area (Å²) in [4.78, 5) is 23.5. The number of amides is 1. The Labute approximate surface area is 200 Å². The van der Waals surface area contributed by atoms with Crippen LogP contribution >= 0.6 is 11.3 Å². The first kappa shape index (κ1) is 22.3. The number of nitrogens with two attached hydrogens (primary N) is 1. The Bertz CT molecular complexity index is 1450. The van der Waals surface area contributed by atoms with E-state index in [1.165, 1.54) is 23.9 Å². The first-order valence-corrected chi connectivity index (χ1v) is 13.5. The van der Waals surface area contributed by atoms with E-state index in [-0.39, 0.29) is 16.7 Å². The summed E-state index contributed by atoms with van der Waals surface area (Å²) in [7, 11) is -3.30. The van der Waals surface area contributed by atoms with Crippen LogP contribution in [0.5, 0.6) is 0 Å². The summed E-state index contributed by atoms with van der Waals surface area (Å²) in [6.07, 6.45) is 5.86. The van der Waals surface area contributed by atoms with Crippen LogP contribution < -0.4 is 16.0 Å². The lowest BCUT2D eigenvalue weighted by molar-refractivity contribution is -0.120. The summed E-state index contributed by atoms with van der Waals surface area (Å²) in [6, 6.07) is 8.63. The number of piperidine rings is 1. The molecule has 176 valence electrons. The highest BCUT2D eigenvalue weighted by Gasteiger charge is 2.29. The molecule has 34 heavy (non-hydrogen) atoms. The maximum atomic E-state index is 12.8. The Morgan fingerprint density at radius 1 is 1.24 bits per heavy atom. The lowest BCUT2D eigenvalue weighted by Crippen LogP contribution is -2.40. The fourth-order valence-corrected chi connectivity index (χ4v) is 5.43. The minimum absolute atomic E-state index is 0.0519. The van der Waals surface area contributed by atoms with Gasteiger partial charge in [-0.15, -0.1) is 11.3 Å². The van der Waals surface area contributed by atoms with Crippen LogP contribution in [0.4, 0.5) is 16.6 Å². The maximum absolute atomic E-state index is 12.8. The molecule has 0 unspecified atom stereocenters. The van der Waals surface area contributed by atoms with Gasteiger partial charge >= 0.3 is 0 Å². The van der Waals surface area contributed by atoms with Crippen molar-refractivity contribution in [3.8, 4) is 11.3 Å². The Balaban J connectivity index is 1.49. The van der Waals surface area contributed by atoms with E-state index in [1.54, 1.807) is 35.0 Å². The molecule has 3 aromatic heterocycles. The third-order valence-corrected chi connectivity index (χ3v) is 7.75. The molecule has 10 nitrogen and oxygen atoms in total. The van der Waals surface area contributed by atoms with Gasteiger partial charge in [-0.1, -0.05) is 12.1 Å². The predicted molar refractivity (Wildman–Crippen MR) is 132 cm³/mol.